The van der Waals surface area contributed by atoms with Gasteiger partial charge in [-0.25, -0.2) is 18.1 Å². The van der Waals surface area contributed by atoms with E-state index in [1.807, 2.05) is 54.6 Å². The first-order valence-corrected chi connectivity index (χ1v) is 12.1. The van der Waals surface area contributed by atoms with E-state index < -0.39 is 10.0 Å². The molecule has 2 heterocycles. The van der Waals surface area contributed by atoms with Crippen molar-refractivity contribution in [2.75, 3.05) is 11.5 Å². The van der Waals surface area contributed by atoms with Gasteiger partial charge in [-0.3, -0.25) is 9.20 Å². The Hall–Kier alpha value is -2.69. The standard InChI is InChI=1S/C20H21N5O3S2/c1-13-8-9-16(14(2)12-13)24-18(26)15-6-3-4-7-17(15)25-19(24)22-23-20(25)29-10-5-11-30(21,27)28/h3-4,6-9,12H,5,10-11H2,1-2H3,(H2,21,27,28). The average Bonchev–Trinajstić information content (AvgIpc) is 3.10. The van der Waals surface area contributed by atoms with Gasteiger partial charge in [0.2, 0.25) is 15.8 Å². The van der Waals surface area contributed by atoms with Gasteiger partial charge in [0.25, 0.3) is 5.56 Å². The summed E-state index contributed by atoms with van der Waals surface area (Å²) in [7, 11) is -3.50. The van der Waals surface area contributed by atoms with Gasteiger partial charge < -0.3 is 0 Å². The second-order valence-electron chi connectivity index (χ2n) is 7.13. The van der Waals surface area contributed by atoms with Crippen molar-refractivity contribution in [1.82, 2.24) is 19.2 Å². The Morgan fingerprint density at radius 2 is 1.87 bits per heavy atom. The van der Waals surface area contributed by atoms with Gasteiger partial charge >= 0.3 is 0 Å². The van der Waals surface area contributed by atoms with Crippen molar-refractivity contribution in [2.45, 2.75) is 25.4 Å². The summed E-state index contributed by atoms with van der Waals surface area (Å²) in [6.45, 7) is 3.96. The van der Waals surface area contributed by atoms with E-state index in [-0.39, 0.29) is 11.3 Å². The summed E-state index contributed by atoms with van der Waals surface area (Å²) in [4.78, 5) is 13.4. The van der Waals surface area contributed by atoms with E-state index in [9.17, 15) is 13.2 Å². The first-order chi connectivity index (χ1) is 14.3. The monoisotopic (exact) mass is 443 g/mol. The van der Waals surface area contributed by atoms with Gasteiger partial charge in [-0.2, -0.15) is 0 Å². The molecular formula is C20H21N5O3S2. The van der Waals surface area contributed by atoms with Crippen LogP contribution in [0.1, 0.15) is 17.5 Å². The normalized spacial score (nSPS) is 12.1. The number of hydrogen-bond acceptors (Lipinski definition) is 6. The molecule has 30 heavy (non-hydrogen) atoms. The lowest BCUT2D eigenvalue weighted by molar-refractivity contribution is 0.596. The predicted octanol–water partition coefficient (Wildman–Crippen LogP) is 2.42. The number of thioether (sulfide) groups is 1. The third-order valence-corrected chi connectivity index (χ3v) is 6.67. The van der Waals surface area contributed by atoms with Gasteiger partial charge in [0.15, 0.2) is 5.16 Å². The van der Waals surface area contributed by atoms with Crippen molar-refractivity contribution in [3.05, 3.63) is 63.9 Å². The molecule has 0 aliphatic rings. The van der Waals surface area contributed by atoms with Gasteiger partial charge in [0.1, 0.15) is 0 Å². The van der Waals surface area contributed by atoms with Gasteiger partial charge in [0.05, 0.1) is 22.3 Å². The molecule has 0 radical (unpaired) electrons. The lowest BCUT2D eigenvalue weighted by atomic mass is 10.1. The molecule has 0 spiro atoms. The van der Waals surface area contributed by atoms with E-state index in [2.05, 4.69) is 10.2 Å². The van der Waals surface area contributed by atoms with Gasteiger partial charge in [0, 0.05) is 5.75 Å². The van der Waals surface area contributed by atoms with E-state index in [0.29, 0.717) is 34.0 Å². The number of rotatable bonds is 6. The van der Waals surface area contributed by atoms with E-state index in [1.54, 1.807) is 10.6 Å². The second-order valence-corrected chi connectivity index (χ2v) is 9.93. The Kier molecular flexibility index (Phi) is 5.39. The minimum Gasteiger partial charge on any atom is -0.268 e. The van der Waals surface area contributed by atoms with Gasteiger partial charge in [-0.15, -0.1) is 10.2 Å². The zero-order chi connectivity index (χ0) is 21.5. The molecule has 0 unspecified atom stereocenters. The summed E-state index contributed by atoms with van der Waals surface area (Å²) < 4.78 is 25.8. The molecule has 156 valence electrons. The molecule has 2 aromatic heterocycles. The molecule has 0 aliphatic heterocycles. The number of aromatic nitrogens is 4. The molecule has 0 bridgehead atoms. The molecule has 0 amide bonds. The third kappa shape index (κ3) is 3.85. The predicted molar refractivity (Wildman–Crippen MR) is 119 cm³/mol. The number of benzene rings is 2. The number of sulfonamides is 1. The Labute approximate surface area is 177 Å². The summed E-state index contributed by atoms with van der Waals surface area (Å²) in [5, 5.41) is 14.8. The van der Waals surface area contributed by atoms with Crippen molar-refractivity contribution in [3.63, 3.8) is 0 Å². The maximum Gasteiger partial charge on any atom is 0.267 e. The molecule has 2 N–H and O–H groups in total. The number of hydrogen-bond donors (Lipinski definition) is 1. The summed E-state index contributed by atoms with van der Waals surface area (Å²) in [6, 6.07) is 13.2. The van der Waals surface area contributed by atoms with E-state index in [4.69, 9.17) is 5.14 Å². The first-order valence-electron chi connectivity index (χ1n) is 9.36. The highest BCUT2D eigenvalue weighted by Crippen LogP contribution is 2.24. The average molecular weight is 444 g/mol. The molecule has 4 aromatic rings. The molecular weight excluding hydrogens is 422 g/mol. The van der Waals surface area contributed by atoms with Crippen molar-refractivity contribution in [1.29, 1.82) is 0 Å². The fraction of sp³-hybridized carbons (Fsp3) is 0.250. The first kappa shape index (κ1) is 20.6. The molecule has 2 aromatic carbocycles. The summed E-state index contributed by atoms with van der Waals surface area (Å²) >= 11 is 1.38. The Morgan fingerprint density at radius 3 is 2.60 bits per heavy atom. The Balaban J connectivity index is 1.90. The molecule has 0 saturated carbocycles. The lowest BCUT2D eigenvalue weighted by Gasteiger charge is -2.13. The van der Waals surface area contributed by atoms with Crippen molar-refractivity contribution >= 4 is 38.5 Å². The molecule has 8 nitrogen and oxygen atoms in total. The Morgan fingerprint density at radius 1 is 1.10 bits per heavy atom. The topological polar surface area (TPSA) is 112 Å². The highest BCUT2D eigenvalue weighted by molar-refractivity contribution is 7.99. The number of nitrogens with two attached hydrogens (primary N) is 1. The SMILES string of the molecule is Cc1ccc(-n2c(=O)c3ccccc3n3c(SCCCS(N)(=O)=O)nnc23)c(C)c1. The van der Waals surface area contributed by atoms with Crippen LogP contribution in [0, 0.1) is 13.8 Å². The van der Waals surface area contributed by atoms with Crippen LogP contribution >= 0.6 is 11.8 Å². The molecule has 0 fully saturated rings. The molecule has 0 aliphatic carbocycles. The zero-order valence-electron chi connectivity index (χ0n) is 16.6. The maximum atomic E-state index is 13.4. The van der Waals surface area contributed by atoms with E-state index >= 15 is 0 Å². The molecule has 4 rings (SSSR count). The van der Waals surface area contributed by atoms with Gasteiger partial charge in [-0.1, -0.05) is 41.6 Å². The van der Waals surface area contributed by atoms with Crippen LogP contribution in [0.15, 0.2) is 52.4 Å². The maximum absolute atomic E-state index is 13.4. The number of primary sulfonamides is 1. The lowest BCUT2D eigenvalue weighted by Crippen LogP contribution is -2.22. The van der Waals surface area contributed by atoms with Crippen molar-refractivity contribution < 1.29 is 8.42 Å². The van der Waals surface area contributed by atoms with Gasteiger partial charge in [-0.05, 0) is 44.0 Å². The van der Waals surface area contributed by atoms with Crippen molar-refractivity contribution in [2.24, 2.45) is 5.14 Å². The van der Waals surface area contributed by atoms with Crippen LogP contribution in [0.2, 0.25) is 0 Å². The van der Waals surface area contributed by atoms with Crippen LogP contribution in [0.25, 0.3) is 22.4 Å². The van der Waals surface area contributed by atoms with Crippen LogP contribution in [-0.4, -0.2) is 39.1 Å². The minimum absolute atomic E-state index is 0.0925. The number of para-hydroxylation sites is 1. The highest BCUT2D eigenvalue weighted by atomic mass is 32.2. The zero-order valence-corrected chi connectivity index (χ0v) is 18.2. The molecule has 10 heteroatoms. The molecule has 0 saturated heterocycles. The highest BCUT2D eigenvalue weighted by Gasteiger charge is 2.18. The minimum atomic E-state index is -3.50. The van der Waals surface area contributed by atoms with Crippen LogP contribution in [-0.2, 0) is 10.0 Å². The van der Waals surface area contributed by atoms with E-state index in [1.165, 1.54) is 11.8 Å². The van der Waals surface area contributed by atoms with Crippen LogP contribution in [0.3, 0.4) is 0 Å². The molecule has 0 atom stereocenters. The third-order valence-electron chi connectivity index (χ3n) is 4.79. The largest absolute Gasteiger partial charge is 0.268 e. The van der Waals surface area contributed by atoms with Crippen LogP contribution in [0.4, 0.5) is 0 Å². The van der Waals surface area contributed by atoms with Crippen LogP contribution in [0.5, 0.6) is 0 Å². The smallest absolute Gasteiger partial charge is 0.267 e. The van der Waals surface area contributed by atoms with E-state index in [0.717, 1.165) is 16.8 Å². The summed E-state index contributed by atoms with van der Waals surface area (Å²) in [6.07, 6.45) is 0.396. The number of nitrogens with zero attached hydrogens (tertiary/aromatic N) is 4. The fourth-order valence-corrected chi connectivity index (χ4v) is 5.08. The summed E-state index contributed by atoms with van der Waals surface area (Å²) in [5.41, 5.74) is 3.36. The number of fused-ring (bicyclic) bond motifs is 3. The van der Waals surface area contributed by atoms with Crippen LogP contribution < -0.4 is 10.7 Å². The quantitative estimate of drug-likeness (QED) is 0.362. The summed E-state index contributed by atoms with van der Waals surface area (Å²) in [5.74, 6) is 0.832. The second kappa shape index (κ2) is 7.86. The van der Waals surface area contributed by atoms with Crippen molar-refractivity contribution in [3.8, 4) is 5.69 Å². The fourth-order valence-electron chi connectivity index (χ4n) is 3.47. The Bertz CT molecular complexity index is 1420. The number of aryl methyl sites for hydroxylation is 2.